The Morgan fingerprint density at radius 3 is 2.48 bits per heavy atom. The van der Waals surface area contributed by atoms with Crippen LogP contribution in [0.25, 0.3) is 12.2 Å². The van der Waals surface area contributed by atoms with E-state index in [4.69, 9.17) is 0 Å². The smallest absolute Gasteiger partial charge is 0.370 e. The molecule has 0 radical (unpaired) electrons. The van der Waals surface area contributed by atoms with Crippen LogP contribution in [0.3, 0.4) is 0 Å². The van der Waals surface area contributed by atoms with Gasteiger partial charge in [0.25, 0.3) is 0 Å². The number of halogens is 3. The van der Waals surface area contributed by atoms with Crippen LogP contribution >= 0.6 is 0 Å². The second-order valence-electron chi connectivity index (χ2n) is 4.91. The van der Waals surface area contributed by atoms with E-state index in [0.29, 0.717) is 0 Å². The molecule has 1 aliphatic rings. The Morgan fingerprint density at radius 1 is 1.05 bits per heavy atom. The Morgan fingerprint density at radius 2 is 1.76 bits per heavy atom. The fraction of sp³-hybridized carbons (Fsp3) is 0.188. The maximum absolute atomic E-state index is 12.5. The van der Waals surface area contributed by atoms with Gasteiger partial charge in [-0.1, -0.05) is 24.3 Å². The van der Waals surface area contributed by atoms with E-state index in [9.17, 15) is 13.2 Å². The molecule has 1 aromatic heterocycles. The Hall–Kier alpha value is -2.30. The van der Waals surface area contributed by atoms with Crippen LogP contribution in [0.2, 0.25) is 0 Å². The fourth-order valence-electron chi connectivity index (χ4n) is 2.26. The van der Waals surface area contributed by atoms with Gasteiger partial charge in [0.2, 0.25) is 0 Å². The van der Waals surface area contributed by atoms with Gasteiger partial charge in [-0.05, 0) is 41.3 Å². The van der Waals surface area contributed by atoms with Crippen LogP contribution in [0.1, 0.15) is 22.3 Å². The number of benzene rings is 1. The van der Waals surface area contributed by atoms with Crippen molar-refractivity contribution >= 4 is 18.0 Å². The number of rotatable bonds is 2. The molecular weight excluding hydrogens is 277 g/mol. The van der Waals surface area contributed by atoms with Crippen LogP contribution < -0.4 is 5.32 Å². The van der Waals surface area contributed by atoms with Gasteiger partial charge in [0.05, 0.1) is 5.56 Å². The molecule has 0 bridgehead atoms. The minimum atomic E-state index is -4.29. The largest absolute Gasteiger partial charge is 0.416 e. The number of hydrogen-bond acceptors (Lipinski definition) is 2. The molecule has 0 atom stereocenters. The fourth-order valence-corrected chi connectivity index (χ4v) is 2.26. The van der Waals surface area contributed by atoms with Gasteiger partial charge in [-0.15, -0.1) is 0 Å². The Bertz CT molecular complexity index is 673. The highest BCUT2D eigenvalue weighted by molar-refractivity contribution is 5.70. The maximum atomic E-state index is 12.5. The summed E-state index contributed by atoms with van der Waals surface area (Å²) >= 11 is 0. The number of anilines is 1. The third kappa shape index (κ3) is 3.07. The van der Waals surface area contributed by atoms with Crippen molar-refractivity contribution in [2.75, 3.05) is 11.9 Å². The van der Waals surface area contributed by atoms with E-state index in [1.165, 1.54) is 17.7 Å². The minimum Gasteiger partial charge on any atom is -0.370 e. The van der Waals surface area contributed by atoms with Crippen LogP contribution in [-0.4, -0.2) is 11.5 Å². The van der Waals surface area contributed by atoms with Crippen LogP contribution in [0.15, 0.2) is 36.5 Å². The lowest BCUT2D eigenvalue weighted by atomic mass is 10.1. The van der Waals surface area contributed by atoms with E-state index >= 15 is 0 Å². The highest BCUT2D eigenvalue weighted by Crippen LogP contribution is 2.29. The second kappa shape index (κ2) is 5.24. The highest BCUT2D eigenvalue weighted by Gasteiger charge is 2.29. The zero-order chi connectivity index (χ0) is 14.9. The van der Waals surface area contributed by atoms with Crippen molar-refractivity contribution in [2.24, 2.45) is 0 Å². The molecule has 1 aromatic carbocycles. The number of alkyl halides is 3. The molecule has 21 heavy (non-hydrogen) atoms. The summed E-state index contributed by atoms with van der Waals surface area (Å²) in [7, 11) is 0. The van der Waals surface area contributed by atoms with Crippen molar-refractivity contribution in [2.45, 2.75) is 12.6 Å². The predicted octanol–water partition coefficient (Wildman–Crippen LogP) is 4.24. The Balaban J connectivity index is 1.77. The van der Waals surface area contributed by atoms with E-state index in [-0.39, 0.29) is 0 Å². The molecule has 5 heteroatoms. The average molecular weight is 290 g/mol. The van der Waals surface area contributed by atoms with E-state index in [0.717, 1.165) is 42.0 Å². The number of nitrogens with one attached hydrogen (secondary N) is 1. The summed E-state index contributed by atoms with van der Waals surface area (Å²) < 4.78 is 37.4. The summed E-state index contributed by atoms with van der Waals surface area (Å²) in [6, 6.07) is 7.14. The molecule has 0 unspecified atom stereocenters. The molecule has 3 rings (SSSR count). The van der Waals surface area contributed by atoms with Crippen molar-refractivity contribution in [3.63, 3.8) is 0 Å². The first-order chi connectivity index (χ1) is 10.0. The molecule has 2 heterocycles. The SMILES string of the molecule is FC(F)(F)c1ccc(/C=C/c2cnc3c(c2)CCN3)cc1. The minimum absolute atomic E-state index is 0.634. The summed E-state index contributed by atoms with van der Waals surface area (Å²) in [6.07, 6.45) is 2.04. The van der Waals surface area contributed by atoms with Gasteiger partial charge in [-0.25, -0.2) is 4.98 Å². The molecule has 0 saturated heterocycles. The number of hydrogen-bond donors (Lipinski definition) is 1. The van der Waals surface area contributed by atoms with Gasteiger partial charge < -0.3 is 5.32 Å². The third-order valence-electron chi connectivity index (χ3n) is 3.38. The van der Waals surface area contributed by atoms with Crippen LogP contribution in [0.5, 0.6) is 0 Å². The summed E-state index contributed by atoms with van der Waals surface area (Å²) in [4.78, 5) is 4.31. The quantitative estimate of drug-likeness (QED) is 0.895. The lowest BCUT2D eigenvalue weighted by molar-refractivity contribution is -0.137. The molecular formula is C16H13F3N2. The van der Waals surface area contributed by atoms with Gasteiger partial charge in [-0.3, -0.25) is 0 Å². The second-order valence-corrected chi connectivity index (χ2v) is 4.91. The normalized spacial score (nSPS) is 14.2. The summed E-state index contributed by atoms with van der Waals surface area (Å²) in [6.45, 7) is 0.897. The van der Waals surface area contributed by atoms with Crippen molar-refractivity contribution in [1.29, 1.82) is 0 Å². The van der Waals surface area contributed by atoms with Gasteiger partial charge in [0.15, 0.2) is 0 Å². The number of pyridine rings is 1. The monoisotopic (exact) mass is 290 g/mol. The first-order valence-electron chi connectivity index (χ1n) is 6.60. The number of fused-ring (bicyclic) bond motifs is 1. The molecule has 2 aromatic rings. The lowest BCUT2D eigenvalue weighted by Crippen LogP contribution is -2.03. The van der Waals surface area contributed by atoms with Crippen molar-refractivity contribution < 1.29 is 13.2 Å². The summed E-state index contributed by atoms with van der Waals surface area (Å²) in [5.41, 5.74) is 2.20. The molecule has 108 valence electrons. The summed E-state index contributed by atoms with van der Waals surface area (Å²) in [5.74, 6) is 0.918. The van der Waals surface area contributed by atoms with Crippen LogP contribution in [0.4, 0.5) is 19.0 Å². The van der Waals surface area contributed by atoms with Crippen molar-refractivity contribution in [1.82, 2.24) is 4.98 Å². The standard InChI is InChI=1S/C16H13F3N2/c17-16(18,19)14-5-3-11(4-6-14)1-2-12-9-13-7-8-20-15(13)21-10-12/h1-6,9-10H,7-8H2,(H,20,21)/b2-1+. The van der Waals surface area contributed by atoms with Gasteiger partial charge in [0.1, 0.15) is 5.82 Å². The maximum Gasteiger partial charge on any atom is 0.416 e. The molecule has 0 fully saturated rings. The third-order valence-corrected chi connectivity index (χ3v) is 3.38. The first-order valence-corrected chi connectivity index (χ1v) is 6.60. The Labute approximate surface area is 120 Å². The van der Waals surface area contributed by atoms with Crippen LogP contribution in [0, 0.1) is 0 Å². The number of aromatic nitrogens is 1. The molecule has 0 spiro atoms. The van der Waals surface area contributed by atoms with Crippen molar-refractivity contribution in [3.05, 3.63) is 58.8 Å². The topological polar surface area (TPSA) is 24.9 Å². The highest BCUT2D eigenvalue weighted by atomic mass is 19.4. The van der Waals surface area contributed by atoms with E-state index < -0.39 is 11.7 Å². The van der Waals surface area contributed by atoms with Crippen molar-refractivity contribution in [3.8, 4) is 0 Å². The number of nitrogens with zero attached hydrogens (tertiary/aromatic N) is 1. The molecule has 0 aliphatic carbocycles. The zero-order valence-electron chi connectivity index (χ0n) is 11.1. The molecule has 0 saturated carbocycles. The van der Waals surface area contributed by atoms with E-state index in [1.807, 2.05) is 12.1 Å². The first kappa shape index (κ1) is 13.7. The zero-order valence-corrected chi connectivity index (χ0v) is 11.1. The molecule has 1 N–H and O–H groups in total. The van der Waals surface area contributed by atoms with E-state index in [1.54, 1.807) is 12.3 Å². The molecule has 1 aliphatic heterocycles. The Kier molecular flexibility index (Phi) is 3.41. The van der Waals surface area contributed by atoms with Gasteiger partial charge >= 0.3 is 6.18 Å². The van der Waals surface area contributed by atoms with Gasteiger partial charge in [-0.2, -0.15) is 13.2 Å². The van der Waals surface area contributed by atoms with Crippen LogP contribution in [-0.2, 0) is 12.6 Å². The lowest BCUT2D eigenvalue weighted by Gasteiger charge is -2.06. The molecule has 2 nitrogen and oxygen atoms in total. The predicted molar refractivity (Wildman–Crippen MR) is 76.8 cm³/mol. The van der Waals surface area contributed by atoms with Gasteiger partial charge in [0, 0.05) is 12.7 Å². The molecule has 0 amide bonds. The average Bonchev–Trinajstić information content (AvgIpc) is 2.92. The van der Waals surface area contributed by atoms with E-state index in [2.05, 4.69) is 10.3 Å². The summed E-state index contributed by atoms with van der Waals surface area (Å²) in [5, 5.41) is 3.18.